The zero-order valence-corrected chi connectivity index (χ0v) is 14.9. The topological polar surface area (TPSA) is 86.7 Å². The van der Waals surface area contributed by atoms with Gasteiger partial charge in [0.2, 0.25) is 5.91 Å². The Morgan fingerprint density at radius 1 is 1.04 bits per heavy atom. The Bertz CT molecular complexity index is 659. The largest absolute Gasteiger partial charge is 0.481 e. The summed E-state index contributed by atoms with van der Waals surface area (Å²) in [7, 11) is 0. The van der Waals surface area contributed by atoms with Crippen LogP contribution in [0.1, 0.15) is 55.3 Å². The predicted molar refractivity (Wildman–Crippen MR) is 97.9 cm³/mol. The van der Waals surface area contributed by atoms with Gasteiger partial charge in [-0.1, -0.05) is 19.3 Å². The molecule has 0 atom stereocenters. The van der Waals surface area contributed by atoms with Crippen molar-refractivity contribution in [2.45, 2.75) is 44.9 Å². The van der Waals surface area contributed by atoms with Crippen LogP contribution in [0.2, 0.25) is 0 Å². The van der Waals surface area contributed by atoms with Gasteiger partial charge in [0, 0.05) is 30.8 Å². The minimum Gasteiger partial charge on any atom is -0.481 e. The summed E-state index contributed by atoms with van der Waals surface area (Å²) < 4.78 is 0. The van der Waals surface area contributed by atoms with Gasteiger partial charge in [0.05, 0.1) is 5.92 Å². The van der Waals surface area contributed by atoms with Crippen LogP contribution >= 0.6 is 0 Å². The highest BCUT2D eigenvalue weighted by atomic mass is 16.4. The summed E-state index contributed by atoms with van der Waals surface area (Å²) in [4.78, 5) is 37.2. The second-order valence-electron chi connectivity index (χ2n) is 7.37. The van der Waals surface area contributed by atoms with E-state index in [0.29, 0.717) is 49.5 Å². The molecule has 0 radical (unpaired) electrons. The summed E-state index contributed by atoms with van der Waals surface area (Å²) in [5, 5.41) is 11.9. The lowest BCUT2D eigenvalue weighted by atomic mass is 9.82. The normalized spacial score (nSPS) is 18.2. The molecule has 6 heteroatoms. The molecule has 0 aromatic heterocycles. The number of anilines is 1. The van der Waals surface area contributed by atoms with Crippen LogP contribution in [0, 0.1) is 11.8 Å². The first-order valence-electron chi connectivity index (χ1n) is 9.45. The highest BCUT2D eigenvalue weighted by molar-refractivity contribution is 5.96. The summed E-state index contributed by atoms with van der Waals surface area (Å²) in [5.74, 6) is -0.486. The molecule has 2 fully saturated rings. The van der Waals surface area contributed by atoms with E-state index >= 15 is 0 Å². The van der Waals surface area contributed by atoms with Crippen LogP contribution in [0.15, 0.2) is 24.3 Å². The van der Waals surface area contributed by atoms with Gasteiger partial charge in [0.25, 0.3) is 5.91 Å². The molecule has 0 spiro atoms. The molecule has 3 rings (SSSR count). The maximum absolute atomic E-state index is 12.5. The Morgan fingerprint density at radius 3 is 2.23 bits per heavy atom. The molecule has 1 aromatic rings. The van der Waals surface area contributed by atoms with E-state index < -0.39 is 5.97 Å². The lowest BCUT2D eigenvalue weighted by Gasteiger charge is -2.30. The number of piperidine rings is 1. The number of rotatable bonds is 6. The van der Waals surface area contributed by atoms with E-state index in [0.717, 1.165) is 6.42 Å². The van der Waals surface area contributed by atoms with Gasteiger partial charge in [-0.15, -0.1) is 0 Å². The molecule has 6 nitrogen and oxygen atoms in total. The van der Waals surface area contributed by atoms with Gasteiger partial charge in [-0.2, -0.15) is 0 Å². The average Bonchev–Trinajstić information content (AvgIpc) is 2.60. The number of nitrogens with one attached hydrogen (secondary N) is 1. The van der Waals surface area contributed by atoms with Crippen molar-refractivity contribution in [1.29, 1.82) is 0 Å². The fourth-order valence-corrected chi connectivity index (χ4v) is 3.55. The Hall–Kier alpha value is -2.37. The molecule has 140 valence electrons. The van der Waals surface area contributed by atoms with Crippen molar-refractivity contribution in [2.75, 3.05) is 18.4 Å². The standard InChI is InChI=1S/C20H26N2O4/c23-18(9-4-14-2-1-3-14)21-17-7-5-15(6-8-17)19(24)22-12-10-16(11-13-22)20(25)26/h5-8,14,16H,1-4,9-13H2,(H,21,23)(H,25,26). The van der Waals surface area contributed by atoms with Crippen molar-refractivity contribution in [2.24, 2.45) is 11.8 Å². The summed E-state index contributed by atoms with van der Waals surface area (Å²) in [6, 6.07) is 6.93. The minimum absolute atomic E-state index is 0.0201. The number of nitrogens with zero attached hydrogens (tertiary/aromatic N) is 1. The molecule has 2 N–H and O–H groups in total. The maximum Gasteiger partial charge on any atom is 0.306 e. The lowest BCUT2D eigenvalue weighted by molar-refractivity contribution is -0.143. The highest BCUT2D eigenvalue weighted by Crippen LogP contribution is 2.30. The van der Waals surface area contributed by atoms with Crippen LogP contribution in [0.3, 0.4) is 0 Å². The van der Waals surface area contributed by atoms with Crippen molar-refractivity contribution in [3.8, 4) is 0 Å². The second kappa shape index (κ2) is 8.34. The van der Waals surface area contributed by atoms with Crippen molar-refractivity contribution in [1.82, 2.24) is 4.90 Å². The number of likely N-dealkylation sites (tertiary alicyclic amines) is 1. The highest BCUT2D eigenvalue weighted by Gasteiger charge is 2.27. The number of benzene rings is 1. The van der Waals surface area contributed by atoms with Gasteiger partial charge in [-0.05, 0) is 49.4 Å². The summed E-state index contributed by atoms with van der Waals surface area (Å²) in [6.07, 6.45) is 6.27. The Labute approximate surface area is 153 Å². The molecule has 0 unspecified atom stereocenters. The molecule has 1 heterocycles. The van der Waals surface area contributed by atoms with Crippen LogP contribution in [-0.2, 0) is 9.59 Å². The molecular weight excluding hydrogens is 332 g/mol. The minimum atomic E-state index is -0.783. The van der Waals surface area contributed by atoms with Gasteiger partial charge in [-0.3, -0.25) is 14.4 Å². The number of hydrogen-bond acceptors (Lipinski definition) is 3. The van der Waals surface area contributed by atoms with E-state index in [-0.39, 0.29) is 17.7 Å². The third-order valence-electron chi connectivity index (χ3n) is 5.55. The Kier molecular flexibility index (Phi) is 5.91. The smallest absolute Gasteiger partial charge is 0.306 e. The number of hydrogen-bond donors (Lipinski definition) is 2. The number of carboxylic acid groups (broad SMARTS) is 1. The van der Waals surface area contributed by atoms with Crippen molar-refractivity contribution in [3.05, 3.63) is 29.8 Å². The molecular formula is C20H26N2O4. The first-order chi connectivity index (χ1) is 12.5. The number of amides is 2. The SMILES string of the molecule is O=C(CCC1CCC1)Nc1ccc(C(=O)N2CCC(C(=O)O)CC2)cc1. The zero-order valence-electron chi connectivity index (χ0n) is 14.9. The van der Waals surface area contributed by atoms with Gasteiger partial charge < -0.3 is 15.3 Å². The first kappa shape index (κ1) is 18.4. The molecule has 1 saturated carbocycles. The molecule has 1 aromatic carbocycles. The molecule has 26 heavy (non-hydrogen) atoms. The van der Waals surface area contributed by atoms with E-state index in [9.17, 15) is 14.4 Å². The fourth-order valence-electron chi connectivity index (χ4n) is 3.55. The summed E-state index contributed by atoms with van der Waals surface area (Å²) in [6.45, 7) is 0.935. The van der Waals surface area contributed by atoms with E-state index in [2.05, 4.69) is 5.32 Å². The monoisotopic (exact) mass is 358 g/mol. The number of carbonyl (C=O) groups excluding carboxylic acids is 2. The third kappa shape index (κ3) is 4.62. The zero-order chi connectivity index (χ0) is 18.5. The van der Waals surface area contributed by atoms with E-state index in [4.69, 9.17) is 5.11 Å². The molecule has 1 saturated heterocycles. The van der Waals surface area contributed by atoms with E-state index in [1.54, 1.807) is 29.2 Å². The number of aliphatic carboxylic acids is 1. The molecule has 0 bridgehead atoms. The maximum atomic E-state index is 12.5. The molecule has 1 aliphatic carbocycles. The molecule has 2 amide bonds. The summed E-state index contributed by atoms with van der Waals surface area (Å²) >= 11 is 0. The second-order valence-corrected chi connectivity index (χ2v) is 7.37. The van der Waals surface area contributed by atoms with Crippen LogP contribution in [0.25, 0.3) is 0 Å². The molecule has 2 aliphatic rings. The predicted octanol–water partition coefficient (Wildman–Crippen LogP) is 3.14. The summed E-state index contributed by atoms with van der Waals surface area (Å²) in [5.41, 5.74) is 1.26. The number of carboxylic acids is 1. The fraction of sp³-hybridized carbons (Fsp3) is 0.550. The van der Waals surface area contributed by atoms with Gasteiger partial charge in [0.1, 0.15) is 0 Å². The van der Waals surface area contributed by atoms with E-state index in [1.165, 1.54) is 19.3 Å². The lowest BCUT2D eigenvalue weighted by Crippen LogP contribution is -2.40. The Morgan fingerprint density at radius 2 is 1.69 bits per heavy atom. The third-order valence-corrected chi connectivity index (χ3v) is 5.55. The van der Waals surface area contributed by atoms with Crippen LogP contribution in [0.5, 0.6) is 0 Å². The molecule has 1 aliphatic heterocycles. The van der Waals surface area contributed by atoms with E-state index in [1.807, 2.05) is 0 Å². The van der Waals surface area contributed by atoms with Crippen molar-refractivity contribution < 1.29 is 19.5 Å². The van der Waals surface area contributed by atoms with Gasteiger partial charge in [-0.25, -0.2) is 0 Å². The average molecular weight is 358 g/mol. The first-order valence-corrected chi connectivity index (χ1v) is 9.45. The van der Waals surface area contributed by atoms with Crippen LogP contribution < -0.4 is 5.32 Å². The van der Waals surface area contributed by atoms with Crippen LogP contribution in [-0.4, -0.2) is 40.9 Å². The quantitative estimate of drug-likeness (QED) is 0.818. The number of carbonyl (C=O) groups is 3. The van der Waals surface area contributed by atoms with Gasteiger partial charge >= 0.3 is 5.97 Å². The van der Waals surface area contributed by atoms with Crippen LogP contribution in [0.4, 0.5) is 5.69 Å². The Balaban J connectivity index is 1.48. The van der Waals surface area contributed by atoms with Gasteiger partial charge in [0.15, 0.2) is 0 Å². The van der Waals surface area contributed by atoms with Crippen molar-refractivity contribution in [3.63, 3.8) is 0 Å². The van der Waals surface area contributed by atoms with Crippen molar-refractivity contribution >= 4 is 23.5 Å².